The van der Waals surface area contributed by atoms with Crippen LogP contribution in [0.25, 0.3) is 0 Å². The monoisotopic (exact) mass is 126 g/mol. The Morgan fingerprint density at radius 3 is 2.78 bits per heavy atom. The normalized spacial score (nSPS) is 36.1. The maximum atomic E-state index is 9.21. The van der Waals surface area contributed by atoms with Crippen LogP contribution in [0.15, 0.2) is 11.6 Å². The minimum atomic E-state index is -0.0787. The van der Waals surface area contributed by atoms with Crippen molar-refractivity contribution in [2.75, 3.05) is 0 Å². The topological polar surface area (TPSA) is 20.2 Å². The molecule has 1 aliphatic rings. The van der Waals surface area contributed by atoms with Crippen LogP contribution >= 0.6 is 0 Å². The second-order valence-corrected chi connectivity index (χ2v) is 3.08. The first-order chi connectivity index (χ1) is 4.18. The van der Waals surface area contributed by atoms with Gasteiger partial charge in [0.15, 0.2) is 0 Å². The second-order valence-electron chi connectivity index (χ2n) is 3.08. The van der Waals surface area contributed by atoms with Gasteiger partial charge in [-0.3, -0.25) is 0 Å². The largest absolute Gasteiger partial charge is 0.393 e. The molecule has 0 bridgehead atoms. The molecular weight excluding hydrogens is 112 g/mol. The molecule has 0 saturated heterocycles. The van der Waals surface area contributed by atoms with Crippen LogP contribution < -0.4 is 0 Å². The van der Waals surface area contributed by atoms with E-state index < -0.39 is 0 Å². The predicted molar refractivity (Wildman–Crippen MR) is 38.2 cm³/mol. The zero-order chi connectivity index (χ0) is 6.85. The smallest absolute Gasteiger partial charge is 0.0582 e. The van der Waals surface area contributed by atoms with Crippen molar-refractivity contribution in [1.29, 1.82) is 0 Å². The number of hydrogen-bond acceptors (Lipinski definition) is 1. The van der Waals surface area contributed by atoms with Crippen molar-refractivity contribution in [1.82, 2.24) is 0 Å². The van der Waals surface area contributed by atoms with Crippen LogP contribution in [0.4, 0.5) is 0 Å². The molecular formula is C8H14O. The van der Waals surface area contributed by atoms with Gasteiger partial charge in [-0.2, -0.15) is 0 Å². The predicted octanol–water partition coefficient (Wildman–Crippen LogP) is 1.72. The molecule has 0 aromatic heterocycles. The molecule has 1 nitrogen and oxygen atoms in total. The van der Waals surface area contributed by atoms with Gasteiger partial charge in [0, 0.05) is 0 Å². The molecule has 0 saturated carbocycles. The Labute approximate surface area is 56.4 Å². The molecule has 2 unspecified atom stereocenters. The number of aliphatic hydroxyl groups is 1. The van der Waals surface area contributed by atoms with Crippen molar-refractivity contribution in [2.45, 2.75) is 32.8 Å². The van der Waals surface area contributed by atoms with Crippen molar-refractivity contribution >= 4 is 0 Å². The standard InChI is InChI=1S/C8H14O/c1-6-3-7(2)5-8(9)4-6/h3,6,8-9H,4-5H2,1-2H3. The fraction of sp³-hybridized carbons (Fsp3) is 0.750. The Morgan fingerprint density at radius 1 is 1.67 bits per heavy atom. The molecule has 0 aliphatic heterocycles. The fourth-order valence-electron chi connectivity index (χ4n) is 1.51. The van der Waals surface area contributed by atoms with Gasteiger partial charge >= 0.3 is 0 Å². The zero-order valence-corrected chi connectivity index (χ0v) is 6.09. The maximum Gasteiger partial charge on any atom is 0.0582 e. The van der Waals surface area contributed by atoms with Crippen LogP contribution in [0.2, 0.25) is 0 Å². The average Bonchev–Trinajstić information content (AvgIpc) is 1.59. The van der Waals surface area contributed by atoms with Crippen LogP contribution in [-0.2, 0) is 0 Å². The van der Waals surface area contributed by atoms with E-state index in [1.165, 1.54) is 5.57 Å². The molecule has 0 fully saturated rings. The molecule has 1 N–H and O–H groups in total. The molecule has 9 heavy (non-hydrogen) atoms. The summed E-state index contributed by atoms with van der Waals surface area (Å²) in [6, 6.07) is 0. The quantitative estimate of drug-likeness (QED) is 0.490. The van der Waals surface area contributed by atoms with Gasteiger partial charge in [-0.25, -0.2) is 0 Å². The lowest BCUT2D eigenvalue weighted by atomic mass is 9.91. The van der Waals surface area contributed by atoms with E-state index in [1.807, 2.05) is 0 Å². The van der Waals surface area contributed by atoms with Crippen molar-refractivity contribution in [3.05, 3.63) is 11.6 Å². The van der Waals surface area contributed by atoms with Gasteiger partial charge in [0.25, 0.3) is 0 Å². The molecule has 1 rings (SSSR count). The van der Waals surface area contributed by atoms with Crippen molar-refractivity contribution < 1.29 is 5.11 Å². The summed E-state index contributed by atoms with van der Waals surface area (Å²) in [7, 11) is 0. The third-order valence-electron chi connectivity index (χ3n) is 1.77. The van der Waals surface area contributed by atoms with Gasteiger partial charge < -0.3 is 5.11 Å². The minimum Gasteiger partial charge on any atom is -0.393 e. The van der Waals surface area contributed by atoms with E-state index in [1.54, 1.807) is 0 Å². The van der Waals surface area contributed by atoms with Crippen molar-refractivity contribution in [2.24, 2.45) is 5.92 Å². The first-order valence-corrected chi connectivity index (χ1v) is 3.54. The summed E-state index contributed by atoms with van der Waals surface area (Å²) >= 11 is 0. The average molecular weight is 126 g/mol. The zero-order valence-electron chi connectivity index (χ0n) is 6.09. The van der Waals surface area contributed by atoms with Crippen LogP contribution in [0, 0.1) is 5.92 Å². The van der Waals surface area contributed by atoms with E-state index in [-0.39, 0.29) is 6.10 Å². The van der Waals surface area contributed by atoms with Crippen LogP contribution in [0.1, 0.15) is 26.7 Å². The van der Waals surface area contributed by atoms with E-state index >= 15 is 0 Å². The molecule has 0 spiro atoms. The van der Waals surface area contributed by atoms with Gasteiger partial charge in [0.05, 0.1) is 6.10 Å². The maximum absolute atomic E-state index is 9.21. The highest BCUT2D eigenvalue weighted by Gasteiger charge is 2.14. The summed E-state index contributed by atoms with van der Waals surface area (Å²) in [5, 5.41) is 9.21. The highest BCUT2D eigenvalue weighted by atomic mass is 16.3. The number of hydrogen-bond donors (Lipinski definition) is 1. The minimum absolute atomic E-state index is 0.0787. The summed E-state index contributed by atoms with van der Waals surface area (Å²) in [4.78, 5) is 0. The molecule has 0 aromatic rings. The van der Waals surface area contributed by atoms with E-state index in [9.17, 15) is 5.11 Å². The highest BCUT2D eigenvalue weighted by molar-refractivity contribution is 5.06. The molecule has 0 amide bonds. The van der Waals surface area contributed by atoms with E-state index in [0.717, 1.165) is 12.8 Å². The molecule has 0 heterocycles. The van der Waals surface area contributed by atoms with E-state index in [0.29, 0.717) is 5.92 Å². The number of rotatable bonds is 0. The Balaban J connectivity index is 2.56. The highest BCUT2D eigenvalue weighted by Crippen LogP contribution is 2.21. The summed E-state index contributed by atoms with van der Waals surface area (Å²) in [5.41, 5.74) is 1.33. The third kappa shape index (κ3) is 1.83. The summed E-state index contributed by atoms with van der Waals surface area (Å²) in [5.74, 6) is 0.578. The van der Waals surface area contributed by atoms with E-state index in [2.05, 4.69) is 19.9 Å². The van der Waals surface area contributed by atoms with Gasteiger partial charge in [0.2, 0.25) is 0 Å². The van der Waals surface area contributed by atoms with Gasteiger partial charge in [0.1, 0.15) is 0 Å². The fourth-order valence-corrected chi connectivity index (χ4v) is 1.51. The summed E-state index contributed by atoms with van der Waals surface area (Å²) < 4.78 is 0. The van der Waals surface area contributed by atoms with Crippen LogP contribution in [-0.4, -0.2) is 11.2 Å². The molecule has 0 radical (unpaired) electrons. The first-order valence-electron chi connectivity index (χ1n) is 3.54. The van der Waals surface area contributed by atoms with Crippen LogP contribution in [0.5, 0.6) is 0 Å². The summed E-state index contributed by atoms with van der Waals surface area (Å²) in [6.45, 7) is 4.23. The van der Waals surface area contributed by atoms with Gasteiger partial charge in [-0.15, -0.1) is 0 Å². The number of aliphatic hydroxyl groups excluding tert-OH is 1. The lowest BCUT2D eigenvalue weighted by molar-refractivity contribution is 0.146. The van der Waals surface area contributed by atoms with Crippen molar-refractivity contribution in [3.8, 4) is 0 Å². The molecule has 0 aromatic carbocycles. The van der Waals surface area contributed by atoms with Gasteiger partial charge in [-0.1, -0.05) is 18.6 Å². The molecule has 1 heteroatoms. The van der Waals surface area contributed by atoms with Gasteiger partial charge in [-0.05, 0) is 25.7 Å². The lowest BCUT2D eigenvalue weighted by Gasteiger charge is -2.20. The molecule has 52 valence electrons. The van der Waals surface area contributed by atoms with E-state index in [4.69, 9.17) is 0 Å². The Bertz CT molecular complexity index is 127. The number of allylic oxidation sites excluding steroid dienone is 1. The third-order valence-corrected chi connectivity index (χ3v) is 1.77. The van der Waals surface area contributed by atoms with Crippen LogP contribution in [0.3, 0.4) is 0 Å². The molecule has 1 aliphatic carbocycles. The Kier molecular flexibility index (Phi) is 1.91. The Hall–Kier alpha value is -0.300. The molecule has 2 atom stereocenters. The summed E-state index contributed by atoms with van der Waals surface area (Å²) in [6.07, 6.45) is 3.99. The SMILES string of the molecule is CC1=CC(C)CC(O)C1. The first kappa shape index (κ1) is 6.81. The second kappa shape index (κ2) is 2.53. The lowest BCUT2D eigenvalue weighted by Crippen LogP contribution is -2.15. The Morgan fingerprint density at radius 2 is 2.33 bits per heavy atom. The van der Waals surface area contributed by atoms with Crippen molar-refractivity contribution in [3.63, 3.8) is 0 Å².